The molecule has 1 fully saturated rings. The van der Waals surface area contributed by atoms with Crippen molar-refractivity contribution in [1.82, 2.24) is 20.4 Å². The summed E-state index contributed by atoms with van der Waals surface area (Å²) in [6.45, 7) is 1.61. The minimum absolute atomic E-state index is 0.0685. The number of aryl methyl sites for hydroxylation is 1. The van der Waals surface area contributed by atoms with Crippen LogP contribution in [0.4, 0.5) is 0 Å². The summed E-state index contributed by atoms with van der Waals surface area (Å²) in [4.78, 5) is 49.0. The van der Waals surface area contributed by atoms with E-state index in [-0.39, 0.29) is 24.1 Å². The number of aliphatic hydroxyl groups excluding tert-OH is 1. The summed E-state index contributed by atoms with van der Waals surface area (Å²) < 4.78 is 11.5. The number of thiophene rings is 2. The van der Waals surface area contributed by atoms with Crippen LogP contribution in [0, 0.1) is 0 Å². The molecule has 7 rings (SSSR count). The highest BCUT2D eigenvalue weighted by molar-refractivity contribution is 7.12. The Hall–Kier alpha value is -4.70. The number of dihydropyridines is 1. The normalized spacial score (nSPS) is 19.3. The SMILES string of the molecule is CN(CCCc1nc(-c2ccc(CNC[C@H](O)C3=C4C=CC(=O)N=C4C(=O)C=C3)cc2)no1)C1CCC(OC(=O)C(O)(c2cccs2)c2cccs2)CC1. The number of rotatable bonds is 15. The highest BCUT2D eigenvalue weighted by Gasteiger charge is 2.45. The van der Waals surface area contributed by atoms with E-state index >= 15 is 0 Å². The van der Waals surface area contributed by atoms with Crippen LogP contribution in [0.2, 0.25) is 0 Å². The molecule has 3 aliphatic rings. The van der Waals surface area contributed by atoms with Crippen LogP contribution < -0.4 is 5.32 Å². The quantitative estimate of drug-likeness (QED) is 0.111. The highest BCUT2D eigenvalue weighted by Crippen LogP contribution is 2.38. The van der Waals surface area contributed by atoms with Gasteiger partial charge in [-0.15, -0.1) is 22.7 Å². The Morgan fingerprint density at radius 1 is 1.02 bits per heavy atom. The van der Waals surface area contributed by atoms with E-state index < -0.39 is 23.6 Å². The van der Waals surface area contributed by atoms with E-state index in [0.717, 1.165) is 49.8 Å². The number of benzene rings is 1. The molecule has 1 atom stereocenters. The van der Waals surface area contributed by atoms with Crippen molar-refractivity contribution in [2.24, 2.45) is 4.99 Å². The molecule has 0 saturated heterocycles. The summed E-state index contributed by atoms with van der Waals surface area (Å²) in [7, 11) is 2.12. The molecule has 4 aromatic rings. The van der Waals surface area contributed by atoms with Gasteiger partial charge in [0, 0.05) is 42.8 Å². The Bertz CT molecular complexity index is 2040. The van der Waals surface area contributed by atoms with Gasteiger partial charge in [0.15, 0.2) is 0 Å². The van der Waals surface area contributed by atoms with Crippen molar-refractivity contribution in [3.05, 3.63) is 116 Å². The van der Waals surface area contributed by atoms with E-state index in [0.29, 0.717) is 51.6 Å². The second kappa shape index (κ2) is 16.8. The summed E-state index contributed by atoms with van der Waals surface area (Å²) in [6.07, 6.45) is 9.39. The average Bonchev–Trinajstić information content (AvgIpc) is 4.00. The van der Waals surface area contributed by atoms with Gasteiger partial charge in [-0.1, -0.05) is 47.6 Å². The van der Waals surface area contributed by atoms with Crippen molar-refractivity contribution in [3.63, 3.8) is 0 Å². The van der Waals surface area contributed by atoms with E-state index in [9.17, 15) is 24.6 Å². The fourth-order valence-electron chi connectivity index (χ4n) is 6.99. The number of aliphatic hydroxyl groups is 2. The van der Waals surface area contributed by atoms with Crippen LogP contribution in [0.15, 0.2) is 104 Å². The lowest BCUT2D eigenvalue weighted by atomic mass is 9.89. The number of aliphatic imine (C=N–C) groups is 1. The molecular weight excluding hydrogens is 727 g/mol. The third-order valence-electron chi connectivity index (χ3n) is 10.0. The molecule has 1 saturated carbocycles. The van der Waals surface area contributed by atoms with Gasteiger partial charge < -0.3 is 29.7 Å². The second-order valence-corrected chi connectivity index (χ2v) is 15.5. The lowest BCUT2D eigenvalue weighted by Gasteiger charge is -2.35. The third-order valence-corrected chi connectivity index (χ3v) is 12.0. The molecule has 12 nitrogen and oxygen atoms in total. The number of esters is 1. The number of ketones is 1. The van der Waals surface area contributed by atoms with Gasteiger partial charge in [0.25, 0.3) is 5.91 Å². The third kappa shape index (κ3) is 8.33. The summed E-state index contributed by atoms with van der Waals surface area (Å²) in [5.74, 6) is -0.342. The van der Waals surface area contributed by atoms with Crippen molar-refractivity contribution in [2.45, 2.75) is 68.9 Å². The van der Waals surface area contributed by atoms with Crippen LogP contribution in [-0.2, 0) is 37.7 Å². The molecule has 14 heteroatoms. The number of allylic oxidation sites excluding steroid dienone is 3. The van der Waals surface area contributed by atoms with Gasteiger partial charge in [-0.3, -0.25) is 9.59 Å². The molecule has 3 N–H and O–H groups in total. The molecule has 1 aliphatic heterocycles. The maximum Gasteiger partial charge on any atom is 0.349 e. The average molecular weight is 768 g/mol. The number of fused-ring (bicyclic) bond motifs is 1. The van der Waals surface area contributed by atoms with Crippen molar-refractivity contribution in [3.8, 4) is 11.4 Å². The monoisotopic (exact) mass is 767 g/mol. The van der Waals surface area contributed by atoms with Gasteiger partial charge in [-0.2, -0.15) is 4.98 Å². The Kier molecular flexibility index (Phi) is 11.7. The maximum absolute atomic E-state index is 13.4. The number of nitrogens with zero attached hydrogens (tertiary/aromatic N) is 4. The molecule has 4 heterocycles. The molecule has 280 valence electrons. The van der Waals surface area contributed by atoms with Gasteiger partial charge >= 0.3 is 5.97 Å². The molecule has 3 aromatic heterocycles. The van der Waals surface area contributed by atoms with Gasteiger partial charge in [-0.05, 0) is 91.9 Å². The maximum atomic E-state index is 13.4. The van der Waals surface area contributed by atoms with E-state index in [2.05, 4.69) is 32.4 Å². The standard InChI is InChI=1S/C40H41N5O7S2/c1-45(27-12-14-28(15-13-27)51-39(49)40(50,33-5-3-21-53-33)34-6-4-22-54-34)20-2-7-36-43-38(44-52-36)26-10-8-25(9-11-26)23-41-24-32(47)29-16-18-31(46)37-30(29)17-19-35(48)42-37/h3-6,8-11,16-19,21-22,27-28,32,41,47,50H,2,7,12-15,20,23-24H2,1H3/t27?,28?,32-/m0/s1. The first-order chi connectivity index (χ1) is 26.2. The predicted molar refractivity (Wildman–Crippen MR) is 205 cm³/mol. The largest absolute Gasteiger partial charge is 0.460 e. The Balaban J connectivity index is 0.828. The topological polar surface area (TPSA) is 167 Å². The molecular formula is C40H41N5O7S2. The Morgan fingerprint density at radius 3 is 2.43 bits per heavy atom. The Labute approximate surface area is 320 Å². The first-order valence-corrected chi connectivity index (χ1v) is 19.7. The van der Waals surface area contributed by atoms with Crippen molar-refractivity contribution in [2.75, 3.05) is 20.1 Å². The van der Waals surface area contributed by atoms with E-state index in [1.165, 1.54) is 40.9 Å². The predicted octanol–water partition coefficient (Wildman–Crippen LogP) is 4.94. The zero-order valence-corrected chi connectivity index (χ0v) is 31.4. The van der Waals surface area contributed by atoms with Crippen LogP contribution in [0.25, 0.3) is 11.4 Å². The first-order valence-electron chi connectivity index (χ1n) is 18.0. The van der Waals surface area contributed by atoms with Crippen LogP contribution in [0.5, 0.6) is 0 Å². The van der Waals surface area contributed by atoms with Crippen LogP contribution >= 0.6 is 22.7 Å². The van der Waals surface area contributed by atoms with E-state index in [1.54, 1.807) is 18.2 Å². The van der Waals surface area contributed by atoms with Crippen LogP contribution in [0.3, 0.4) is 0 Å². The lowest BCUT2D eigenvalue weighted by molar-refractivity contribution is -0.169. The van der Waals surface area contributed by atoms with Gasteiger partial charge in [-0.25, -0.2) is 9.79 Å². The first kappa shape index (κ1) is 37.6. The number of aromatic nitrogens is 2. The molecule has 0 unspecified atom stereocenters. The fourth-order valence-corrected chi connectivity index (χ4v) is 8.70. The van der Waals surface area contributed by atoms with Gasteiger partial charge in [0.05, 0.1) is 15.9 Å². The number of carbonyl (C=O) groups is 3. The van der Waals surface area contributed by atoms with Crippen molar-refractivity contribution in [1.29, 1.82) is 0 Å². The van der Waals surface area contributed by atoms with Gasteiger partial charge in [0.1, 0.15) is 11.8 Å². The van der Waals surface area contributed by atoms with Crippen molar-refractivity contribution >= 4 is 46.0 Å². The van der Waals surface area contributed by atoms with E-state index in [4.69, 9.17) is 9.26 Å². The summed E-state index contributed by atoms with van der Waals surface area (Å²) >= 11 is 2.69. The minimum Gasteiger partial charge on any atom is -0.460 e. The molecule has 54 heavy (non-hydrogen) atoms. The molecule has 2 aliphatic carbocycles. The summed E-state index contributed by atoms with van der Waals surface area (Å²) in [5, 5.41) is 33.5. The molecule has 0 bridgehead atoms. The zero-order valence-electron chi connectivity index (χ0n) is 29.7. The minimum atomic E-state index is -1.78. The molecule has 1 amide bonds. The molecule has 0 radical (unpaired) electrons. The smallest absolute Gasteiger partial charge is 0.349 e. The summed E-state index contributed by atoms with van der Waals surface area (Å²) in [5.41, 5.74) is 1.13. The van der Waals surface area contributed by atoms with Crippen LogP contribution in [0.1, 0.15) is 53.3 Å². The molecule has 1 aromatic carbocycles. The number of amides is 1. The Morgan fingerprint density at radius 2 is 1.74 bits per heavy atom. The van der Waals surface area contributed by atoms with Gasteiger partial charge in [0.2, 0.25) is 23.1 Å². The van der Waals surface area contributed by atoms with E-state index in [1.807, 2.05) is 47.2 Å². The fraction of sp³-hybridized carbons (Fsp3) is 0.350. The second-order valence-electron chi connectivity index (χ2n) is 13.6. The number of hydrogen-bond acceptors (Lipinski definition) is 13. The number of hydrogen-bond donors (Lipinski definition) is 3. The number of nitrogens with one attached hydrogen (secondary N) is 1. The molecule has 0 spiro atoms. The number of ether oxygens (including phenoxy) is 1. The lowest BCUT2D eigenvalue weighted by Crippen LogP contribution is -2.42. The summed E-state index contributed by atoms with van der Waals surface area (Å²) in [6, 6.07) is 15.4. The number of carbonyl (C=O) groups excluding carboxylic acids is 3. The van der Waals surface area contributed by atoms with Crippen LogP contribution in [-0.4, -0.2) is 87.0 Å². The van der Waals surface area contributed by atoms with Crippen molar-refractivity contribution < 1.29 is 33.9 Å². The zero-order chi connectivity index (χ0) is 37.7. The highest BCUT2D eigenvalue weighted by atomic mass is 32.1.